The van der Waals surface area contributed by atoms with Crippen molar-refractivity contribution in [3.8, 4) is 0 Å². The third-order valence-corrected chi connectivity index (χ3v) is 4.71. The number of amides is 1. The van der Waals surface area contributed by atoms with Crippen LogP contribution in [0.3, 0.4) is 0 Å². The van der Waals surface area contributed by atoms with E-state index in [2.05, 4.69) is 10.5 Å². The van der Waals surface area contributed by atoms with E-state index in [9.17, 15) is 4.79 Å². The number of hydrogen-bond donors (Lipinski definition) is 1. The van der Waals surface area contributed by atoms with Crippen LogP contribution in [0.25, 0.3) is 10.9 Å². The Morgan fingerprint density at radius 1 is 1.12 bits per heavy atom. The van der Waals surface area contributed by atoms with E-state index in [4.69, 9.17) is 4.98 Å². The molecule has 1 saturated carbocycles. The molecule has 0 radical (unpaired) electrons. The minimum absolute atomic E-state index is 0.188. The second kappa shape index (κ2) is 7.08. The number of hydrazone groups is 1. The van der Waals surface area contributed by atoms with Crippen molar-refractivity contribution in [1.29, 1.82) is 0 Å². The molecule has 1 N–H and O–H groups in total. The summed E-state index contributed by atoms with van der Waals surface area (Å²) in [6.07, 6.45) is 3.05. The lowest BCUT2D eigenvalue weighted by atomic mass is 10.1. The highest BCUT2D eigenvalue weighted by atomic mass is 16.2. The van der Waals surface area contributed by atoms with Gasteiger partial charge in [0.25, 0.3) is 5.91 Å². The van der Waals surface area contributed by atoms with E-state index < -0.39 is 0 Å². The standard InChI is InChI=1S/C22H21N3O/c1-2-19(15-8-4-3-5-9-15)24-25-22(26)18-14-21(16-12-13-16)23-20-11-7-6-10-17(18)20/h3-11,14,16H,2,12-13H2,1H3,(H,25,26)/b24-19-. The van der Waals surface area contributed by atoms with Crippen LogP contribution in [0.2, 0.25) is 0 Å². The summed E-state index contributed by atoms with van der Waals surface area (Å²) in [5.74, 6) is 0.303. The largest absolute Gasteiger partial charge is 0.272 e. The summed E-state index contributed by atoms with van der Waals surface area (Å²) >= 11 is 0. The molecule has 0 saturated heterocycles. The van der Waals surface area contributed by atoms with Gasteiger partial charge in [0.1, 0.15) is 0 Å². The third kappa shape index (κ3) is 3.36. The quantitative estimate of drug-likeness (QED) is 0.541. The third-order valence-electron chi connectivity index (χ3n) is 4.71. The van der Waals surface area contributed by atoms with E-state index in [0.29, 0.717) is 11.5 Å². The first-order chi connectivity index (χ1) is 12.8. The van der Waals surface area contributed by atoms with E-state index in [-0.39, 0.29) is 5.91 Å². The molecule has 1 aliphatic rings. The van der Waals surface area contributed by atoms with Crippen LogP contribution in [0, 0.1) is 0 Å². The average Bonchev–Trinajstić information content (AvgIpc) is 3.53. The molecular formula is C22H21N3O. The summed E-state index contributed by atoms with van der Waals surface area (Å²) in [7, 11) is 0. The molecule has 1 aromatic heterocycles. The van der Waals surface area contributed by atoms with Crippen LogP contribution in [0.15, 0.2) is 65.8 Å². The lowest BCUT2D eigenvalue weighted by Gasteiger charge is -2.09. The molecule has 3 aromatic rings. The molecule has 0 spiro atoms. The Hall–Kier alpha value is -3.01. The van der Waals surface area contributed by atoms with Gasteiger partial charge >= 0.3 is 0 Å². The number of para-hydroxylation sites is 1. The van der Waals surface area contributed by atoms with Crippen molar-refractivity contribution in [1.82, 2.24) is 10.4 Å². The second-order valence-electron chi connectivity index (χ2n) is 6.61. The molecular weight excluding hydrogens is 322 g/mol. The minimum atomic E-state index is -0.188. The molecule has 1 fully saturated rings. The first kappa shape index (κ1) is 16.5. The van der Waals surface area contributed by atoms with E-state index in [1.165, 1.54) is 0 Å². The van der Waals surface area contributed by atoms with E-state index in [1.807, 2.05) is 67.6 Å². The zero-order valence-corrected chi connectivity index (χ0v) is 14.8. The summed E-state index contributed by atoms with van der Waals surface area (Å²) in [5, 5.41) is 5.25. The number of nitrogens with zero attached hydrogens (tertiary/aromatic N) is 2. The summed E-state index contributed by atoms with van der Waals surface area (Å²) < 4.78 is 0. The fourth-order valence-corrected chi connectivity index (χ4v) is 3.13. The number of carbonyl (C=O) groups excluding carboxylic acids is 1. The normalized spacial score (nSPS) is 14.4. The molecule has 4 nitrogen and oxygen atoms in total. The maximum Gasteiger partial charge on any atom is 0.272 e. The zero-order chi connectivity index (χ0) is 17.9. The molecule has 2 aromatic carbocycles. The monoisotopic (exact) mass is 343 g/mol. The first-order valence-electron chi connectivity index (χ1n) is 9.08. The highest BCUT2D eigenvalue weighted by Crippen LogP contribution is 2.40. The summed E-state index contributed by atoms with van der Waals surface area (Å²) in [6.45, 7) is 2.03. The Labute approximate surface area is 153 Å². The van der Waals surface area contributed by atoms with Gasteiger partial charge in [-0.15, -0.1) is 0 Å². The average molecular weight is 343 g/mol. The van der Waals surface area contributed by atoms with Crippen molar-refractivity contribution >= 4 is 22.5 Å². The van der Waals surface area contributed by atoms with E-state index >= 15 is 0 Å². The topological polar surface area (TPSA) is 54.4 Å². The van der Waals surface area contributed by atoms with Gasteiger partial charge in [0.2, 0.25) is 0 Å². The summed E-state index contributed by atoms with van der Waals surface area (Å²) in [5.41, 5.74) is 7.15. The lowest BCUT2D eigenvalue weighted by Crippen LogP contribution is -2.20. The number of aromatic nitrogens is 1. The SMILES string of the molecule is CC/C(=N/NC(=O)c1cc(C2CC2)nc2ccccc12)c1ccccc1. The van der Waals surface area contributed by atoms with Crippen molar-refractivity contribution in [2.75, 3.05) is 0 Å². The molecule has 0 unspecified atom stereocenters. The van der Waals surface area contributed by atoms with Gasteiger partial charge < -0.3 is 0 Å². The number of pyridine rings is 1. The minimum Gasteiger partial charge on any atom is -0.267 e. The predicted molar refractivity (Wildman–Crippen MR) is 104 cm³/mol. The van der Waals surface area contributed by atoms with Gasteiger partial charge in [0, 0.05) is 17.0 Å². The van der Waals surface area contributed by atoms with Gasteiger partial charge in [-0.25, -0.2) is 5.43 Å². The molecule has 26 heavy (non-hydrogen) atoms. The van der Waals surface area contributed by atoms with Gasteiger partial charge in [-0.1, -0.05) is 55.5 Å². The molecule has 4 rings (SSSR count). The Kier molecular flexibility index (Phi) is 4.48. The number of rotatable bonds is 5. The molecule has 0 bridgehead atoms. The first-order valence-corrected chi connectivity index (χ1v) is 9.08. The van der Waals surface area contributed by atoms with Gasteiger partial charge in [0.15, 0.2) is 0 Å². The zero-order valence-electron chi connectivity index (χ0n) is 14.8. The van der Waals surface area contributed by atoms with Gasteiger partial charge in [0.05, 0.1) is 16.8 Å². The molecule has 1 aliphatic carbocycles. The molecule has 0 atom stereocenters. The Morgan fingerprint density at radius 3 is 2.58 bits per heavy atom. The highest BCUT2D eigenvalue weighted by molar-refractivity contribution is 6.07. The van der Waals surface area contributed by atoms with Crippen molar-refractivity contribution in [3.63, 3.8) is 0 Å². The van der Waals surface area contributed by atoms with Gasteiger partial charge in [-0.05, 0) is 37.0 Å². The summed E-state index contributed by atoms with van der Waals surface area (Å²) in [6, 6.07) is 19.6. The van der Waals surface area contributed by atoms with Crippen LogP contribution >= 0.6 is 0 Å². The number of benzene rings is 2. The Morgan fingerprint density at radius 2 is 1.85 bits per heavy atom. The Balaban J connectivity index is 1.66. The smallest absolute Gasteiger partial charge is 0.267 e. The number of hydrogen-bond acceptors (Lipinski definition) is 3. The van der Waals surface area contributed by atoms with Crippen LogP contribution in [-0.4, -0.2) is 16.6 Å². The van der Waals surface area contributed by atoms with Crippen LogP contribution < -0.4 is 5.43 Å². The molecule has 4 heteroatoms. The molecule has 1 heterocycles. The van der Waals surface area contributed by atoms with Crippen LogP contribution in [0.5, 0.6) is 0 Å². The van der Waals surface area contributed by atoms with Gasteiger partial charge in [-0.2, -0.15) is 5.10 Å². The van der Waals surface area contributed by atoms with E-state index in [1.54, 1.807) is 0 Å². The number of carbonyl (C=O) groups is 1. The maximum absolute atomic E-state index is 12.9. The Bertz CT molecular complexity index is 975. The predicted octanol–water partition coefficient (Wildman–Crippen LogP) is 4.66. The second-order valence-corrected chi connectivity index (χ2v) is 6.61. The summed E-state index contributed by atoms with van der Waals surface area (Å²) in [4.78, 5) is 17.6. The van der Waals surface area contributed by atoms with Crippen LogP contribution in [0.1, 0.15) is 53.7 Å². The van der Waals surface area contributed by atoms with Crippen LogP contribution in [-0.2, 0) is 0 Å². The van der Waals surface area contributed by atoms with Gasteiger partial charge in [-0.3, -0.25) is 9.78 Å². The van der Waals surface area contributed by atoms with Crippen LogP contribution in [0.4, 0.5) is 0 Å². The fraction of sp³-hybridized carbons (Fsp3) is 0.227. The highest BCUT2D eigenvalue weighted by Gasteiger charge is 2.26. The fourth-order valence-electron chi connectivity index (χ4n) is 3.13. The molecule has 130 valence electrons. The number of nitrogens with one attached hydrogen (secondary N) is 1. The number of fused-ring (bicyclic) bond motifs is 1. The van der Waals surface area contributed by atoms with Crippen molar-refractivity contribution in [3.05, 3.63) is 77.5 Å². The maximum atomic E-state index is 12.9. The van der Waals surface area contributed by atoms with Crippen molar-refractivity contribution in [2.45, 2.75) is 32.1 Å². The molecule has 1 amide bonds. The van der Waals surface area contributed by atoms with Crippen molar-refractivity contribution < 1.29 is 4.79 Å². The van der Waals surface area contributed by atoms with Crippen molar-refractivity contribution in [2.24, 2.45) is 5.10 Å². The molecule has 0 aliphatic heterocycles. The van der Waals surface area contributed by atoms with E-state index in [0.717, 1.165) is 47.1 Å². The lowest BCUT2D eigenvalue weighted by molar-refractivity contribution is 0.0956.